The summed E-state index contributed by atoms with van der Waals surface area (Å²) < 4.78 is 5.82. The number of hydrogen-bond acceptors (Lipinski definition) is 5. The molecule has 22 heavy (non-hydrogen) atoms. The predicted octanol–water partition coefficient (Wildman–Crippen LogP) is 1.50. The van der Waals surface area contributed by atoms with Gasteiger partial charge < -0.3 is 20.1 Å². The lowest BCUT2D eigenvalue weighted by Crippen LogP contribution is -2.69. The highest BCUT2D eigenvalue weighted by molar-refractivity contribution is 5.99. The molecule has 1 aliphatic heterocycles. The summed E-state index contributed by atoms with van der Waals surface area (Å²) in [5, 5.41) is 32.0. The van der Waals surface area contributed by atoms with Gasteiger partial charge in [0.05, 0.1) is 5.41 Å². The Kier molecular flexibility index (Phi) is 1.98. The number of aliphatic hydroxyl groups is 2. The second-order valence-electron chi connectivity index (χ2n) is 6.91. The molecule has 1 unspecified atom stereocenters. The van der Waals surface area contributed by atoms with Crippen molar-refractivity contribution in [3.05, 3.63) is 35.1 Å². The van der Waals surface area contributed by atoms with Crippen molar-refractivity contribution in [2.24, 2.45) is 5.92 Å². The van der Waals surface area contributed by atoms with Crippen molar-refractivity contribution in [2.45, 2.75) is 42.8 Å². The first kappa shape index (κ1) is 12.5. The minimum atomic E-state index is -1.48. The summed E-state index contributed by atoms with van der Waals surface area (Å²) in [6.07, 6.45) is 3.09. The van der Waals surface area contributed by atoms with E-state index in [-0.39, 0.29) is 23.2 Å². The van der Waals surface area contributed by atoms with Gasteiger partial charge in [-0.3, -0.25) is 4.79 Å². The smallest absolute Gasteiger partial charge is 0.200 e. The first-order valence-corrected chi connectivity index (χ1v) is 7.69. The minimum Gasteiger partial charge on any atom is -0.509 e. The zero-order valence-corrected chi connectivity index (χ0v) is 11.9. The molecule has 0 saturated heterocycles. The Balaban J connectivity index is 1.94. The SMILES string of the molecule is O=C1C=C(O)C2(O)[C@@H]3CCC[C@@]24c2c(ccc(O)c2O[C@@H]14)C3. The molecule has 1 fully saturated rings. The van der Waals surface area contributed by atoms with Gasteiger partial charge in [0, 0.05) is 17.6 Å². The van der Waals surface area contributed by atoms with Gasteiger partial charge in [-0.2, -0.15) is 0 Å². The van der Waals surface area contributed by atoms with Gasteiger partial charge in [0.2, 0.25) is 5.78 Å². The Hall–Kier alpha value is -2.01. The average molecular weight is 300 g/mol. The van der Waals surface area contributed by atoms with E-state index in [9.17, 15) is 20.1 Å². The van der Waals surface area contributed by atoms with Crippen molar-refractivity contribution in [2.75, 3.05) is 0 Å². The molecule has 1 heterocycles. The third-order valence-corrected chi connectivity index (χ3v) is 6.14. The van der Waals surface area contributed by atoms with E-state index in [1.807, 2.05) is 6.07 Å². The van der Waals surface area contributed by atoms with Crippen LogP contribution in [0, 0.1) is 5.92 Å². The fraction of sp³-hybridized carbons (Fsp3) is 0.471. The third kappa shape index (κ3) is 1.03. The standard InChI is InChI=1S/C17H16O5/c18-10-4-3-8-6-9-2-1-5-16-13(8)14(10)22-15(16)11(19)7-12(20)17(9,16)21/h3-4,7,9,15,18,20-21H,1-2,5-6H2/t9-,15+,16+,17?/m1/s1. The molecule has 5 heteroatoms. The maximum Gasteiger partial charge on any atom is 0.200 e. The maximum absolute atomic E-state index is 12.4. The Labute approximate surface area is 126 Å². The third-order valence-electron chi connectivity index (χ3n) is 6.14. The summed E-state index contributed by atoms with van der Waals surface area (Å²) in [5.41, 5.74) is -0.709. The molecule has 2 bridgehead atoms. The van der Waals surface area contributed by atoms with Crippen LogP contribution in [0.1, 0.15) is 30.4 Å². The van der Waals surface area contributed by atoms with Crippen molar-refractivity contribution >= 4 is 5.78 Å². The molecule has 4 aliphatic rings. The molecule has 0 aromatic heterocycles. The minimum absolute atomic E-state index is 0.0128. The molecule has 114 valence electrons. The van der Waals surface area contributed by atoms with Gasteiger partial charge in [-0.05, 0) is 30.9 Å². The monoisotopic (exact) mass is 300 g/mol. The van der Waals surface area contributed by atoms with Gasteiger partial charge in [0.15, 0.2) is 17.6 Å². The number of rotatable bonds is 0. The number of hydrogen-bond donors (Lipinski definition) is 3. The molecular formula is C17H16O5. The lowest BCUT2D eigenvalue weighted by Gasteiger charge is -2.58. The molecule has 0 amide bonds. The van der Waals surface area contributed by atoms with Crippen LogP contribution in [-0.4, -0.2) is 32.8 Å². The first-order valence-electron chi connectivity index (χ1n) is 7.69. The second kappa shape index (κ2) is 3.49. The van der Waals surface area contributed by atoms with Crippen LogP contribution in [0.4, 0.5) is 0 Å². The van der Waals surface area contributed by atoms with Crippen LogP contribution in [0.5, 0.6) is 11.5 Å². The maximum atomic E-state index is 12.4. The first-order chi connectivity index (χ1) is 10.5. The van der Waals surface area contributed by atoms with E-state index in [1.54, 1.807) is 6.07 Å². The number of phenolic OH excluding ortho intramolecular Hbond substituents is 1. The number of ketones is 1. The molecule has 1 spiro atoms. The van der Waals surface area contributed by atoms with Crippen LogP contribution in [0.3, 0.4) is 0 Å². The summed E-state index contributed by atoms with van der Waals surface area (Å²) in [4.78, 5) is 12.4. The number of ether oxygens (including phenoxy) is 1. The van der Waals surface area contributed by atoms with Crippen molar-refractivity contribution < 1.29 is 24.9 Å². The predicted molar refractivity (Wildman–Crippen MR) is 75.9 cm³/mol. The van der Waals surface area contributed by atoms with Crippen LogP contribution >= 0.6 is 0 Å². The van der Waals surface area contributed by atoms with Crippen molar-refractivity contribution in [3.63, 3.8) is 0 Å². The molecule has 3 N–H and O–H groups in total. The van der Waals surface area contributed by atoms with E-state index >= 15 is 0 Å². The largest absolute Gasteiger partial charge is 0.509 e. The summed E-state index contributed by atoms with van der Waals surface area (Å²) in [6.45, 7) is 0. The Morgan fingerprint density at radius 3 is 2.91 bits per heavy atom. The summed E-state index contributed by atoms with van der Waals surface area (Å²) >= 11 is 0. The van der Waals surface area contributed by atoms with Gasteiger partial charge in [0.25, 0.3) is 0 Å². The van der Waals surface area contributed by atoms with E-state index in [4.69, 9.17) is 4.74 Å². The van der Waals surface area contributed by atoms with Crippen LogP contribution in [-0.2, 0) is 16.6 Å². The fourth-order valence-electron chi connectivity index (χ4n) is 5.35. The zero-order chi connectivity index (χ0) is 15.3. The molecule has 3 aliphatic carbocycles. The lowest BCUT2D eigenvalue weighted by atomic mass is 9.47. The molecule has 0 radical (unpaired) electrons. The van der Waals surface area contributed by atoms with Crippen molar-refractivity contribution in [3.8, 4) is 11.5 Å². The van der Waals surface area contributed by atoms with Gasteiger partial charge >= 0.3 is 0 Å². The Bertz CT molecular complexity index is 767. The van der Waals surface area contributed by atoms with Crippen LogP contribution in [0.25, 0.3) is 0 Å². The van der Waals surface area contributed by atoms with Crippen molar-refractivity contribution in [1.29, 1.82) is 0 Å². The number of benzene rings is 1. The molecular weight excluding hydrogens is 284 g/mol. The Morgan fingerprint density at radius 1 is 1.27 bits per heavy atom. The van der Waals surface area contributed by atoms with Crippen LogP contribution in [0.2, 0.25) is 0 Å². The average Bonchev–Trinajstić information content (AvgIpc) is 2.81. The summed E-state index contributed by atoms with van der Waals surface area (Å²) in [5.74, 6) is -0.436. The van der Waals surface area contributed by atoms with Gasteiger partial charge in [0.1, 0.15) is 11.4 Å². The number of phenols is 1. The fourth-order valence-corrected chi connectivity index (χ4v) is 5.35. The zero-order valence-electron chi connectivity index (χ0n) is 11.9. The lowest BCUT2D eigenvalue weighted by molar-refractivity contribution is -0.159. The van der Waals surface area contributed by atoms with E-state index in [1.165, 1.54) is 0 Å². The highest BCUT2D eigenvalue weighted by atomic mass is 16.5. The normalized spacial score (nSPS) is 40.8. The molecule has 1 aromatic rings. The van der Waals surface area contributed by atoms with Gasteiger partial charge in [-0.25, -0.2) is 0 Å². The molecule has 4 atom stereocenters. The summed E-state index contributed by atoms with van der Waals surface area (Å²) in [7, 11) is 0. The Morgan fingerprint density at radius 2 is 2.09 bits per heavy atom. The number of aliphatic hydroxyl groups excluding tert-OH is 1. The van der Waals surface area contributed by atoms with E-state index in [0.717, 1.165) is 30.0 Å². The molecule has 1 aromatic carbocycles. The molecule has 5 nitrogen and oxygen atoms in total. The highest BCUT2D eigenvalue weighted by Gasteiger charge is 2.73. The number of carbonyl (C=O) groups excluding carboxylic acids is 1. The number of carbonyl (C=O) groups is 1. The quantitative estimate of drug-likeness (QED) is 0.676. The second-order valence-corrected chi connectivity index (χ2v) is 6.91. The molecule has 1 saturated carbocycles. The molecule has 5 rings (SSSR count). The van der Waals surface area contributed by atoms with Gasteiger partial charge in [-0.1, -0.05) is 12.5 Å². The number of aromatic hydroxyl groups is 1. The van der Waals surface area contributed by atoms with Crippen LogP contribution in [0.15, 0.2) is 24.0 Å². The summed E-state index contributed by atoms with van der Waals surface area (Å²) in [6, 6.07) is 3.43. The van der Waals surface area contributed by atoms with Crippen molar-refractivity contribution in [1.82, 2.24) is 0 Å². The van der Waals surface area contributed by atoms with Gasteiger partial charge in [-0.15, -0.1) is 0 Å². The van der Waals surface area contributed by atoms with Crippen LogP contribution < -0.4 is 4.74 Å². The highest BCUT2D eigenvalue weighted by Crippen LogP contribution is 2.66. The topological polar surface area (TPSA) is 87.0 Å². The van der Waals surface area contributed by atoms with E-state index < -0.39 is 17.1 Å². The van der Waals surface area contributed by atoms with E-state index in [0.29, 0.717) is 18.6 Å². The van der Waals surface area contributed by atoms with E-state index in [2.05, 4.69) is 0 Å².